The van der Waals surface area contributed by atoms with E-state index in [-0.39, 0.29) is 4.90 Å². The Morgan fingerprint density at radius 3 is 2.62 bits per heavy atom. The van der Waals surface area contributed by atoms with Crippen molar-refractivity contribution in [3.8, 4) is 0 Å². The van der Waals surface area contributed by atoms with Crippen molar-refractivity contribution in [1.82, 2.24) is 9.78 Å². The van der Waals surface area contributed by atoms with Crippen molar-refractivity contribution in [2.45, 2.75) is 23.8 Å². The summed E-state index contributed by atoms with van der Waals surface area (Å²) in [6.07, 6.45) is 3.36. The molecule has 7 heteroatoms. The Morgan fingerprint density at radius 2 is 2.23 bits per heavy atom. The fourth-order valence-corrected chi connectivity index (χ4v) is 3.28. The largest absolute Gasteiger partial charge is 0.265 e. The molecule has 1 aromatic rings. The van der Waals surface area contributed by atoms with Gasteiger partial charge in [0.2, 0.25) is 0 Å². The van der Waals surface area contributed by atoms with E-state index in [1.165, 1.54) is 6.20 Å². The molecule has 1 aliphatic carbocycles. The van der Waals surface area contributed by atoms with Gasteiger partial charge in [-0.05, 0) is 28.8 Å². The topological polar surface area (TPSA) is 52.0 Å². The van der Waals surface area contributed by atoms with Crippen LogP contribution in [-0.4, -0.2) is 18.2 Å². The van der Waals surface area contributed by atoms with Gasteiger partial charge in [-0.3, -0.25) is 4.68 Å². The Balaban J connectivity index is 2.50. The van der Waals surface area contributed by atoms with E-state index in [2.05, 4.69) is 21.0 Å². The molecule has 1 aromatic heterocycles. The van der Waals surface area contributed by atoms with Gasteiger partial charge in [-0.2, -0.15) is 5.10 Å². The van der Waals surface area contributed by atoms with Crippen LogP contribution < -0.4 is 0 Å². The summed E-state index contributed by atoms with van der Waals surface area (Å²) in [5.74, 6) is 0. The Labute approximate surface area is 88.4 Å². The highest BCUT2D eigenvalue weighted by atomic mass is 79.9. The number of nitrogens with zero attached hydrogens (tertiary/aromatic N) is 2. The lowest BCUT2D eigenvalue weighted by atomic mass is 10.7. The van der Waals surface area contributed by atoms with Crippen LogP contribution in [-0.2, 0) is 9.05 Å². The van der Waals surface area contributed by atoms with Crippen molar-refractivity contribution in [1.29, 1.82) is 0 Å². The second-order valence-electron chi connectivity index (χ2n) is 2.91. The van der Waals surface area contributed by atoms with Crippen LogP contribution in [0.15, 0.2) is 15.7 Å². The Morgan fingerprint density at radius 1 is 1.62 bits per heavy atom. The molecule has 0 aromatic carbocycles. The van der Waals surface area contributed by atoms with Crippen LogP contribution in [0.3, 0.4) is 0 Å². The lowest BCUT2D eigenvalue weighted by Crippen LogP contribution is -1.97. The van der Waals surface area contributed by atoms with Crippen molar-refractivity contribution < 1.29 is 8.42 Å². The summed E-state index contributed by atoms with van der Waals surface area (Å²) in [7, 11) is 1.51. The monoisotopic (exact) mass is 284 g/mol. The molecule has 0 radical (unpaired) electrons. The van der Waals surface area contributed by atoms with Crippen LogP contribution in [0.25, 0.3) is 0 Å². The van der Waals surface area contributed by atoms with Crippen LogP contribution in [0.4, 0.5) is 0 Å². The zero-order valence-electron chi connectivity index (χ0n) is 6.44. The first-order valence-corrected chi connectivity index (χ1v) is 6.78. The summed E-state index contributed by atoms with van der Waals surface area (Å²) < 4.78 is 24.1. The Bertz CT molecular complexity index is 437. The molecule has 0 atom stereocenters. The van der Waals surface area contributed by atoms with Gasteiger partial charge in [0.25, 0.3) is 9.05 Å². The summed E-state index contributed by atoms with van der Waals surface area (Å²) in [6.45, 7) is 0. The number of hydrogen-bond donors (Lipinski definition) is 0. The number of rotatable bonds is 2. The van der Waals surface area contributed by atoms with Crippen LogP contribution in [0.1, 0.15) is 18.9 Å². The van der Waals surface area contributed by atoms with Crippen LogP contribution in [0.2, 0.25) is 0 Å². The van der Waals surface area contributed by atoms with Crippen molar-refractivity contribution >= 4 is 35.7 Å². The van der Waals surface area contributed by atoms with Crippen molar-refractivity contribution in [2.24, 2.45) is 0 Å². The van der Waals surface area contributed by atoms with Gasteiger partial charge in [-0.1, -0.05) is 0 Å². The first-order chi connectivity index (χ1) is 6.00. The van der Waals surface area contributed by atoms with Gasteiger partial charge in [-0.15, -0.1) is 0 Å². The third-order valence-corrected chi connectivity index (χ3v) is 4.24. The van der Waals surface area contributed by atoms with Gasteiger partial charge in [0.05, 0.1) is 12.2 Å². The quantitative estimate of drug-likeness (QED) is 0.780. The van der Waals surface area contributed by atoms with Gasteiger partial charge in [0.1, 0.15) is 9.50 Å². The van der Waals surface area contributed by atoms with Gasteiger partial charge >= 0.3 is 0 Å². The maximum atomic E-state index is 11.0. The van der Waals surface area contributed by atoms with Crippen LogP contribution in [0, 0.1) is 0 Å². The molecule has 72 valence electrons. The van der Waals surface area contributed by atoms with Gasteiger partial charge in [0, 0.05) is 10.7 Å². The van der Waals surface area contributed by atoms with E-state index in [1.807, 2.05) is 0 Å². The second-order valence-corrected chi connectivity index (χ2v) is 6.20. The highest BCUT2D eigenvalue weighted by molar-refractivity contribution is 9.10. The van der Waals surface area contributed by atoms with Gasteiger partial charge in [-0.25, -0.2) is 8.42 Å². The maximum absolute atomic E-state index is 11.0. The van der Waals surface area contributed by atoms with E-state index in [0.29, 0.717) is 10.6 Å². The van der Waals surface area contributed by atoms with E-state index in [1.54, 1.807) is 4.68 Å². The first kappa shape index (κ1) is 9.48. The van der Waals surface area contributed by atoms with Crippen molar-refractivity contribution in [3.05, 3.63) is 10.8 Å². The third-order valence-electron chi connectivity index (χ3n) is 1.86. The lowest BCUT2D eigenvalue weighted by molar-refractivity contribution is 0.605. The molecule has 0 amide bonds. The molecule has 1 heterocycles. The zero-order chi connectivity index (χ0) is 9.64. The summed E-state index contributed by atoms with van der Waals surface area (Å²) in [5.41, 5.74) is 0. The SMILES string of the molecule is O=S(=O)(Cl)c1cnn(C2CC2)c1Br. The van der Waals surface area contributed by atoms with E-state index in [0.717, 1.165) is 12.8 Å². The predicted molar refractivity (Wildman–Crippen MR) is 51.2 cm³/mol. The Hall–Kier alpha value is -0.0700. The highest BCUT2D eigenvalue weighted by Crippen LogP contribution is 2.38. The second kappa shape index (κ2) is 2.96. The lowest BCUT2D eigenvalue weighted by Gasteiger charge is -1.98. The molecule has 2 rings (SSSR count). The predicted octanol–water partition coefficient (Wildman–Crippen LogP) is 1.91. The molecule has 0 bridgehead atoms. The van der Waals surface area contributed by atoms with Gasteiger partial charge < -0.3 is 0 Å². The summed E-state index contributed by atoms with van der Waals surface area (Å²) in [5, 5.41) is 3.95. The van der Waals surface area contributed by atoms with E-state index in [4.69, 9.17) is 10.7 Å². The fourth-order valence-electron chi connectivity index (χ4n) is 1.07. The number of hydrogen-bond acceptors (Lipinski definition) is 3. The number of aromatic nitrogens is 2. The smallest absolute Gasteiger partial charge is 0.254 e. The minimum atomic E-state index is -3.68. The molecule has 13 heavy (non-hydrogen) atoms. The summed E-state index contributed by atoms with van der Waals surface area (Å²) in [6, 6.07) is 0.335. The normalized spacial score (nSPS) is 17.7. The van der Waals surface area contributed by atoms with Crippen LogP contribution >= 0.6 is 26.6 Å². The minimum absolute atomic E-state index is 0.0427. The average Bonchev–Trinajstić information content (AvgIpc) is 2.73. The van der Waals surface area contributed by atoms with Gasteiger partial charge in [0.15, 0.2) is 0 Å². The summed E-state index contributed by atoms with van der Waals surface area (Å²) >= 11 is 3.16. The standard InChI is InChI=1S/C6H6BrClN2O2S/c7-6-5(13(8,11)12)3-9-10(6)4-1-2-4/h3-4H,1-2H2. The fraction of sp³-hybridized carbons (Fsp3) is 0.500. The Kier molecular flexibility index (Phi) is 2.16. The highest BCUT2D eigenvalue weighted by Gasteiger charge is 2.29. The van der Waals surface area contributed by atoms with Crippen LogP contribution in [0.5, 0.6) is 0 Å². The molecule has 0 N–H and O–H groups in total. The molecule has 0 unspecified atom stereocenters. The third kappa shape index (κ3) is 1.75. The summed E-state index contributed by atoms with van der Waals surface area (Å²) in [4.78, 5) is 0.0427. The molecule has 1 fully saturated rings. The first-order valence-electron chi connectivity index (χ1n) is 3.68. The average molecular weight is 286 g/mol. The molecule has 1 aliphatic rings. The molecule has 1 saturated carbocycles. The van der Waals surface area contributed by atoms with E-state index < -0.39 is 9.05 Å². The molecular weight excluding hydrogens is 280 g/mol. The zero-order valence-corrected chi connectivity index (χ0v) is 9.60. The van der Waals surface area contributed by atoms with E-state index >= 15 is 0 Å². The van der Waals surface area contributed by atoms with Crippen molar-refractivity contribution in [3.63, 3.8) is 0 Å². The van der Waals surface area contributed by atoms with E-state index in [9.17, 15) is 8.42 Å². The molecule has 4 nitrogen and oxygen atoms in total. The van der Waals surface area contributed by atoms with Crippen molar-refractivity contribution in [2.75, 3.05) is 0 Å². The molecular formula is C6H6BrClN2O2S. The number of halogens is 2. The molecule has 0 spiro atoms. The maximum Gasteiger partial charge on any atom is 0.265 e. The minimum Gasteiger partial charge on any atom is -0.254 e. The molecule has 0 aliphatic heterocycles. The molecule has 0 saturated heterocycles.